The number of carbonyl (C=O) groups is 1. The van der Waals surface area contributed by atoms with E-state index in [4.69, 9.17) is 0 Å². The van der Waals surface area contributed by atoms with Crippen molar-refractivity contribution in [2.24, 2.45) is 0 Å². The summed E-state index contributed by atoms with van der Waals surface area (Å²) in [7, 11) is -3.57. The monoisotopic (exact) mass is 338 g/mol. The number of benzene rings is 1. The summed E-state index contributed by atoms with van der Waals surface area (Å²) in [4.78, 5) is 11.7. The molecule has 0 fully saturated rings. The topological polar surface area (TPSA) is 75.3 Å². The van der Waals surface area contributed by atoms with E-state index in [0.29, 0.717) is 6.54 Å². The van der Waals surface area contributed by atoms with E-state index in [2.05, 4.69) is 10.0 Å². The largest absolute Gasteiger partial charge is 0.351 e. The van der Waals surface area contributed by atoms with Crippen LogP contribution in [0.1, 0.15) is 30.3 Å². The number of amides is 1. The lowest BCUT2D eigenvalue weighted by atomic mass is 10.1. The second-order valence-electron chi connectivity index (χ2n) is 4.88. The third-order valence-electron chi connectivity index (χ3n) is 3.04. The van der Waals surface area contributed by atoms with E-state index in [0.717, 1.165) is 21.8 Å². The molecule has 0 saturated heterocycles. The lowest BCUT2D eigenvalue weighted by molar-refractivity contribution is -0.119. The summed E-state index contributed by atoms with van der Waals surface area (Å²) < 4.78 is 27.7. The lowest BCUT2D eigenvalue weighted by Crippen LogP contribution is -2.26. The second-order valence-corrected chi connectivity index (χ2v) is 7.99. The highest BCUT2D eigenvalue weighted by molar-refractivity contribution is 7.91. The number of rotatable bonds is 6. The van der Waals surface area contributed by atoms with Crippen molar-refractivity contribution in [2.75, 3.05) is 0 Å². The molecule has 0 radical (unpaired) electrons. The quantitative estimate of drug-likeness (QED) is 0.849. The van der Waals surface area contributed by atoms with Crippen LogP contribution in [0.3, 0.4) is 0 Å². The average Bonchev–Trinajstić information content (AvgIpc) is 2.95. The van der Waals surface area contributed by atoms with E-state index in [9.17, 15) is 13.2 Å². The summed E-state index contributed by atoms with van der Waals surface area (Å²) in [6, 6.07) is 12.3. The Balaban J connectivity index is 2.08. The van der Waals surface area contributed by atoms with Gasteiger partial charge < -0.3 is 5.32 Å². The molecule has 1 aromatic carbocycles. The van der Waals surface area contributed by atoms with Gasteiger partial charge >= 0.3 is 0 Å². The van der Waals surface area contributed by atoms with Gasteiger partial charge in [0.15, 0.2) is 0 Å². The van der Waals surface area contributed by atoms with Crippen molar-refractivity contribution >= 4 is 27.3 Å². The minimum atomic E-state index is -3.57. The van der Waals surface area contributed by atoms with Gasteiger partial charge in [-0.25, -0.2) is 13.1 Å². The maximum atomic E-state index is 12.4. The minimum absolute atomic E-state index is 0.145. The molecule has 2 rings (SSSR count). The Labute approximate surface area is 134 Å². The van der Waals surface area contributed by atoms with Crippen molar-refractivity contribution in [1.82, 2.24) is 10.0 Å². The molecule has 5 nitrogen and oxygen atoms in total. The van der Waals surface area contributed by atoms with Crippen LogP contribution in [-0.2, 0) is 21.4 Å². The van der Waals surface area contributed by atoms with Crippen LogP contribution in [0.15, 0.2) is 46.7 Å². The summed E-state index contributed by atoms with van der Waals surface area (Å²) in [5, 5.41) is 2.65. The van der Waals surface area contributed by atoms with E-state index in [1.54, 1.807) is 19.1 Å². The molecule has 0 bridgehead atoms. The highest BCUT2D eigenvalue weighted by Gasteiger charge is 2.20. The molecule has 0 unspecified atom stereocenters. The van der Waals surface area contributed by atoms with Crippen LogP contribution in [0.2, 0.25) is 0 Å². The van der Waals surface area contributed by atoms with Crippen LogP contribution in [0.4, 0.5) is 0 Å². The molecule has 0 aliphatic carbocycles. The van der Waals surface area contributed by atoms with Gasteiger partial charge in [-0.05, 0) is 24.6 Å². The maximum absolute atomic E-state index is 12.4. The Kier molecular flexibility index (Phi) is 5.33. The summed E-state index contributed by atoms with van der Waals surface area (Å²) in [6.45, 7) is 3.57. The molecular formula is C15H18N2O3S2. The molecule has 0 aliphatic rings. The molecule has 118 valence electrons. The van der Waals surface area contributed by atoms with Crippen molar-refractivity contribution < 1.29 is 13.2 Å². The van der Waals surface area contributed by atoms with Crippen LogP contribution in [0.5, 0.6) is 0 Å². The number of sulfonamides is 1. The Morgan fingerprint density at radius 2 is 1.86 bits per heavy atom. The molecule has 0 aliphatic heterocycles. The van der Waals surface area contributed by atoms with E-state index in [1.165, 1.54) is 6.92 Å². The Morgan fingerprint density at radius 3 is 2.50 bits per heavy atom. The Hall–Kier alpha value is -1.70. The molecule has 1 amide bonds. The van der Waals surface area contributed by atoms with Crippen LogP contribution in [0.25, 0.3) is 0 Å². The zero-order valence-corrected chi connectivity index (χ0v) is 14.0. The summed E-state index contributed by atoms with van der Waals surface area (Å²) in [5.41, 5.74) is 0.904. The molecule has 7 heteroatoms. The molecule has 2 aromatic rings. The van der Waals surface area contributed by atoms with Crippen molar-refractivity contribution in [3.63, 3.8) is 0 Å². The van der Waals surface area contributed by atoms with E-state index in [1.807, 2.05) is 30.3 Å². The van der Waals surface area contributed by atoms with Crippen LogP contribution < -0.4 is 10.0 Å². The van der Waals surface area contributed by atoms with Gasteiger partial charge in [-0.15, -0.1) is 11.3 Å². The van der Waals surface area contributed by atoms with Gasteiger partial charge in [-0.2, -0.15) is 0 Å². The van der Waals surface area contributed by atoms with E-state index >= 15 is 0 Å². The number of hydrogen-bond donors (Lipinski definition) is 2. The molecule has 0 saturated carbocycles. The Morgan fingerprint density at radius 1 is 1.18 bits per heavy atom. The summed E-state index contributed by atoms with van der Waals surface area (Å²) in [6.07, 6.45) is 0. The fraction of sp³-hybridized carbons (Fsp3) is 0.267. The van der Waals surface area contributed by atoms with Gasteiger partial charge in [0.25, 0.3) is 10.0 Å². The van der Waals surface area contributed by atoms with Crippen molar-refractivity contribution in [3.8, 4) is 0 Å². The highest BCUT2D eigenvalue weighted by Crippen LogP contribution is 2.23. The zero-order valence-electron chi connectivity index (χ0n) is 12.4. The van der Waals surface area contributed by atoms with Crippen LogP contribution in [0, 0.1) is 0 Å². The Bertz CT molecular complexity index is 739. The molecule has 1 aromatic heterocycles. The van der Waals surface area contributed by atoms with Gasteiger partial charge in [0.1, 0.15) is 4.21 Å². The fourth-order valence-corrected chi connectivity index (χ4v) is 4.45. The molecular weight excluding hydrogens is 320 g/mol. The SMILES string of the molecule is CC(=O)NCc1ccc(S(=O)(=O)N[C@@H](C)c2ccccc2)s1. The van der Waals surface area contributed by atoms with E-state index < -0.39 is 10.0 Å². The van der Waals surface area contributed by atoms with Crippen LogP contribution in [-0.4, -0.2) is 14.3 Å². The van der Waals surface area contributed by atoms with Crippen molar-refractivity contribution in [2.45, 2.75) is 30.6 Å². The van der Waals surface area contributed by atoms with Crippen molar-refractivity contribution in [1.29, 1.82) is 0 Å². The van der Waals surface area contributed by atoms with Crippen molar-refractivity contribution in [3.05, 3.63) is 52.9 Å². The highest BCUT2D eigenvalue weighted by atomic mass is 32.2. The average molecular weight is 338 g/mol. The number of nitrogens with one attached hydrogen (secondary N) is 2. The summed E-state index contributed by atoms with van der Waals surface area (Å²) in [5.74, 6) is -0.145. The molecule has 0 spiro atoms. The lowest BCUT2D eigenvalue weighted by Gasteiger charge is -2.13. The summed E-state index contributed by atoms with van der Waals surface area (Å²) >= 11 is 1.15. The number of hydrogen-bond acceptors (Lipinski definition) is 4. The first-order valence-corrected chi connectivity index (χ1v) is 9.09. The predicted octanol–water partition coefficient (Wildman–Crippen LogP) is 2.42. The minimum Gasteiger partial charge on any atom is -0.351 e. The first-order chi connectivity index (χ1) is 10.4. The molecule has 2 N–H and O–H groups in total. The zero-order chi connectivity index (χ0) is 16.2. The van der Waals surface area contributed by atoms with Gasteiger partial charge in [0.2, 0.25) is 5.91 Å². The third-order valence-corrected chi connectivity index (χ3v) is 6.16. The van der Waals surface area contributed by atoms with Gasteiger partial charge in [-0.1, -0.05) is 30.3 Å². The van der Waals surface area contributed by atoms with Crippen LogP contribution >= 0.6 is 11.3 Å². The van der Waals surface area contributed by atoms with Gasteiger partial charge in [-0.3, -0.25) is 4.79 Å². The molecule has 1 atom stereocenters. The van der Waals surface area contributed by atoms with E-state index in [-0.39, 0.29) is 16.2 Å². The number of thiophene rings is 1. The third kappa shape index (κ3) is 4.40. The first kappa shape index (κ1) is 16.7. The maximum Gasteiger partial charge on any atom is 0.250 e. The smallest absolute Gasteiger partial charge is 0.250 e. The number of carbonyl (C=O) groups excluding carboxylic acids is 1. The van der Waals surface area contributed by atoms with Gasteiger partial charge in [0.05, 0.1) is 6.54 Å². The fourth-order valence-electron chi connectivity index (χ4n) is 1.91. The molecule has 22 heavy (non-hydrogen) atoms. The standard InChI is InChI=1S/C15H18N2O3S2/c1-11(13-6-4-3-5-7-13)17-22(19,20)15-9-8-14(21-15)10-16-12(2)18/h3-9,11,17H,10H2,1-2H3,(H,16,18)/t11-/m0/s1. The predicted molar refractivity (Wildman–Crippen MR) is 87.0 cm³/mol. The molecule has 1 heterocycles. The first-order valence-electron chi connectivity index (χ1n) is 6.79. The van der Waals surface area contributed by atoms with Gasteiger partial charge in [0, 0.05) is 17.8 Å². The normalized spacial score (nSPS) is 12.8. The second kappa shape index (κ2) is 7.04.